The molecule has 2 aromatic rings. The number of aromatic nitrogens is 4. The molecule has 180 valence electrons. The molecule has 2 unspecified atom stereocenters. The van der Waals surface area contributed by atoms with E-state index in [1.54, 1.807) is 32.4 Å². The Labute approximate surface area is 187 Å². The molecule has 0 aromatic carbocycles. The minimum Gasteiger partial charge on any atom is -0.462 e. The van der Waals surface area contributed by atoms with Gasteiger partial charge in [0.1, 0.15) is 18.2 Å². The standard InChI is InChI=1S/C18H32N7O6P/c1-9(2)31-17(27)10(3)24-32(28)30-7-12(29-6)14(26)11(4)25-8-21-13-15(20-5)22-18(19)23-16(13)25/h8-12,14,26,32H,7H2,1-6H3,(H,24,28)(H3,19,20,22,23)/t10-,11-,12?,14-/m0/s1. The molecule has 0 fully saturated rings. The molecule has 5 N–H and O–H groups in total. The number of aliphatic hydroxyl groups is 1. The minimum absolute atomic E-state index is 0.0618. The topological polar surface area (TPSA) is 176 Å². The lowest BCUT2D eigenvalue weighted by Gasteiger charge is -2.27. The third kappa shape index (κ3) is 6.36. The van der Waals surface area contributed by atoms with E-state index in [1.165, 1.54) is 20.4 Å². The van der Waals surface area contributed by atoms with Crippen molar-refractivity contribution in [1.82, 2.24) is 24.6 Å². The summed E-state index contributed by atoms with van der Waals surface area (Å²) in [6.07, 6.45) is -0.648. The number of carbonyl (C=O) groups is 1. The van der Waals surface area contributed by atoms with Crippen molar-refractivity contribution in [2.24, 2.45) is 0 Å². The lowest BCUT2D eigenvalue weighted by molar-refractivity contribution is -0.149. The number of nitrogens with one attached hydrogen (secondary N) is 2. The van der Waals surface area contributed by atoms with Gasteiger partial charge in [-0.3, -0.25) is 9.36 Å². The zero-order chi connectivity index (χ0) is 24.0. The molecule has 0 bridgehead atoms. The van der Waals surface area contributed by atoms with Crippen LogP contribution in [0.1, 0.15) is 33.7 Å². The molecule has 32 heavy (non-hydrogen) atoms. The third-order valence-corrected chi connectivity index (χ3v) is 5.81. The normalized spacial score (nSPS) is 16.5. The van der Waals surface area contributed by atoms with Crippen molar-refractivity contribution in [2.45, 2.75) is 58.1 Å². The zero-order valence-electron chi connectivity index (χ0n) is 19.0. The maximum atomic E-state index is 12.2. The Morgan fingerprint density at radius 2 is 2.00 bits per heavy atom. The second kappa shape index (κ2) is 11.5. The van der Waals surface area contributed by atoms with Gasteiger partial charge in [0, 0.05) is 14.2 Å². The molecule has 13 nitrogen and oxygen atoms in total. The maximum absolute atomic E-state index is 12.2. The fourth-order valence-corrected chi connectivity index (χ4v) is 3.83. The van der Waals surface area contributed by atoms with E-state index in [-0.39, 0.29) is 18.7 Å². The predicted octanol–water partition coefficient (Wildman–Crippen LogP) is 0.723. The quantitative estimate of drug-likeness (QED) is 0.251. The second-order valence-electron chi connectivity index (χ2n) is 7.46. The summed E-state index contributed by atoms with van der Waals surface area (Å²) in [5.74, 6) is -0.00543. The number of aliphatic hydroxyl groups excluding tert-OH is 1. The van der Waals surface area contributed by atoms with Gasteiger partial charge in [-0.25, -0.2) is 10.1 Å². The first-order chi connectivity index (χ1) is 15.1. The highest BCUT2D eigenvalue weighted by atomic mass is 31.1. The van der Waals surface area contributed by atoms with Crippen LogP contribution in [0.2, 0.25) is 0 Å². The van der Waals surface area contributed by atoms with Crippen molar-refractivity contribution >= 4 is 37.1 Å². The highest BCUT2D eigenvalue weighted by Gasteiger charge is 2.29. The minimum atomic E-state index is -2.79. The van der Waals surface area contributed by atoms with Crippen LogP contribution in [0.3, 0.4) is 0 Å². The summed E-state index contributed by atoms with van der Waals surface area (Å²) in [7, 11) is 0.306. The number of nitrogens with two attached hydrogens (primary N) is 1. The summed E-state index contributed by atoms with van der Waals surface area (Å²) in [6.45, 7) is 6.54. The van der Waals surface area contributed by atoms with Crippen LogP contribution in [-0.2, 0) is 23.4 Å². The molecule has 0 saturated carbocycles. The van der Waals surface area contributed by atoms with Crippen molar-refractivity contribution in [2.75, 3.05) is 31.8 Å². The Balaban J connectivity index is 2.04. The van der Waals surface area contributed by atoms with Gasteiger partial charge in [0.25, 0.3) is 8.18 Å². The van der Waals surface area contributed by atoms with Gasteiger partial charge in [0.05, 0.1) is 25.1 Å². The third-order valence-electron chi connectivity index (χ3n) is 4.71. The fraction of sp³-hybridized carbons (Fsp3) is 0.667. The molecule has 14 heteroatoms. The van der Waals surface area contributed by atoms with Crippen LogP contribution in [0.15, 0.2) is 6.33 Å². The number of carbonyl (C=O) groups excluding carboxylic acids is 1. The van der Waals surface area contributed by atoms with Gasteiger partial charge < -0.3 is 34.7 Å². The number of methoxy groups -OCH3 is 1. The van der Waals surface area contributed by atoms with Crippen LogP contribution in [0.4, 0.5) is 11.8 Å². The van der Waals surface area contributed by atoms with Gasteiger partial charge in [-0.05, 0) is 27.7 Å². The molecule has 0 spiro atoms. The average molecular weight is 473 g/mol. The Morgan fingerprint density at radius 1 is 1.31 bits per heavy atom. The first kappa shape index (κ1) is 25.9. The molecule has 0 aliphatic carbocycles. The SMILES string of the molecule is CNc1nc(N)nc2c1ncn2[C@@H](C)[C@H](O)C(CO[PH](=O)N[C@@H](C)C(=O)OC(C)C)OC. The number of ether oxygens (including phenoxy) is 2. The molecule has 2 rings (SSSR count). The van der Waals surface area contributed by atoms with Gasteiger partial charge in [0.2, 0.25) is 5.95 Å². The molecular formula is C18H32N7O6P. The lowest BCUT2D eigenvalue weighted by atomic mass is 10.1. The van der Waals surface area contributed by atoms with Crippen molar-refractivity contribution in [3.05, 3.63) is 6.33 Å². The molecule has 5 atom stereocenters. The van der Waals surface area contributed by atoms with Crippen molar-refractivity contribution in [3.63, 3.8) is 0 Å². The molecule has 0 saturated heterocycles. The number of anilines is 2. The Kier molecular flexibility index (Phi) is 9.34. The summed E-state index contributed by atoms with van der Waals surface area (Å²) >= 11 is 0. The average Bonchev–Trinajstić information content (AvgIpc) is 3.15. The smallest absolute Gasteiger partial charge is 0.323 e. The van der Waals surface area contributed by atoms with Gasteiger partial charge in [-0.15, -0.1) is 0 Å². The molecule has 0 radical (unpaired) electrons. The van der Waals surface area contributed by atoms with Gasteiger partial charge >= 0.3 is 5.97 Å². The molecule has 0 aliphatic heterocycles. The molecule has 2 aromatic heterocycles. The zero-order valence-corrected chi connectivity index (χ0v) is 20.0. The predicted molar refractivity (Wildman–Crippen MR) is 120 cm³/mol. The summed E-state index contributed by atoms with van der Waals surface area (Å²) in [5, 5.41) is 16.3. The number of nitrogen functional groups attached to an aromatic ring is 1. The largest absolute Gasteiger partial charge is 0.462 e. The lowest BCUT2D eigenvalue weighted by Crippen LogP contribution is -2.38. The number of fused-ring (bicyclic) bond motifs is 1. The van der Waals surface area contributed by atoms with Gasteiger partial charge in [0.15, 0.2) is 17.0 Å². The maximum Gasteiger partial charge on any atom is 0.323 e. The Morgan fingerprint density at radius 3 is 2.59 bits per heavy atom. The van der Waals surface area contributed by atoms with Gasteiger partial charge in [-0.1, -0.05) is 0 Å². The molecule has 0 amide bonds. The monoisotopic (exact) mass is 473 g/mol. The number of nitrogens with zero attached hydrogens (tertiary/aromatic N) is 4. The van der Waals surface area contributed by atoms with Crippen molar-refractivity contribution in [1.29, 1.82) is 0 Å². The highest BCUT2D eigenvalue weighted by molar-refractivity contribution is 7.36. The van der Waals surface area contributed by atoms with E-state index in [0.29, 0.717) is 17.0 Å². The fourth-order valence-electron chi connectivity index (χ4n) is 2.96. The number of hydrogen-bond donors (Lipinski definition) is 4. The van der Waals surface area contributed by atoms with Crippen molar-refractivity contribution in [3.8, 4) is 0 Å². The van der Waals surface area contributed by atoms with E-state index < -0.39 is 38.4 Å². The summed E-state index contributed by atoms with van der Waals surface area (Å²) in [6, 6.07) is -1.35. The van der Waals surface area contributed by atoms with Crippen LogP contribution in [0, 0.1) is 0 Å². The van der Waals surface area contributed by atoms with Gasteiger partial charge in [-0.2, -0.15) is 9.97 Å². The molecular weight excluding hydrogens is 441 g/mol. The van der Waals surface area contributed by atoms with E-state index in [2.05, 4.69) is 25.4 Å². The molecule has 0 aliphatic rings. The Hall–Kier alpha value is -2.31. The Bertz CT molecular complexity index is 940. The number of imidazole rings is 1. The van der Waals surface area contributed by atoms with Crippen LogP contribution in [0.25, 0.3) is 11.2 Å². The highest BCUT2D eigenvalue weighted by Crippen LogP contribution is 2.26. The first-order valence-electron chi connectivity index (χ1n) is 10.1. The van der Waals surface area contributed by atoms with E-state index in [1.807, 2.05) is 0 Å². The summed E-state index contributed by atoms with van der Waals surface area (Å²) in [4.78, 5) is 24.4. The summed E-state index contributed by atoms with van der Waals surface area (Å²) < 4.78 is 29.6. The van der Waals surface area contributed by atoms with Crippen LogP contribution in [0.5, 0.6) is 0 Å². The van der Waals surface area contributed by atoms with E-state index in [9.17, 15) is 14.5 Å². The van der Waals surface area contributed by atoms with Crippen LogP contribution >= 0.6 is 8.18 Å². The van der Waals surface area contributed by atoms with Crippen LogP contribution < -0.4 is 16.1 Å². The first-order valence-corrected chi connectivity index (χ1v) is 11.4. The van der Waals surface area contributed by atoms with E-state index in [4.69, 9.17) is 19.7 Å². The van der Waals surface area contributed by atoms with Crippen LogP contribution in [-0.4, -0.2) is 75.7 Å². The second-order valence-corrected chi connectivity index (χ2v) is 8.61. The van der Waals surface area contributed by atoms with Crippen molar-refractivity contribution < 1.29 is 28.5 Å². The van der Waals surface area contributed by atoms with E-state index in [0.717, 1.165) is 0 Å². The number of rotatable bonds is 12. The molecule has 2 heterocycles. The summed E-state index contributed by atoms with van der Waals surface area (Å²) in [5.41, 5.74) is 6.72. The number of esters is 1. The number of hydrogen-bond acceptors (Lipinski definition) is 11. The van der Waals surface area contributed by atoms with E-state index >= 15 is 0 Å².